The van der Waals surface area contributed by atoms with Crippen molar-refractivity contribution in [3.8, 4) is 5.75 Å². The highest BCUT2D eigenvalue weighted by Gasteiger charge is 2.31. The third-order valence-electron chi connectivity index (χ3n) is 6.06. The SMILES string of the molecule is COC(=O)CC1CCCC(N2CCC(c3ccccc3OC)CC2)C1. The first-order valence-electron chi connectivity index (χ1n) is 9.65. The molecule has 1 aliphatic carbocycles. The van der Waals surface area contributed by atoms with E-state index in [-0.39, 0.29) is 5.97 Å². The summed E-state index contributed by atoms with van der Waals surface area (Å²) in [6.07, 6.45) is 7.80. The maximum atomic E-state index is 11.6. The number of carbonyl (C=O) groups excluding carboxylic acids is 1. The van der Waals surface area contributed by atoms with Crippen LogP contribution in [0.15, 0.2) is 24.3 Å². The first-order valence-corrected chi connectivity index (χ1v) is 9.65. The summed E-state index contributed by atoms with van der Waals surface area (Å²) in [6.45, 7) is 2.30. The average molecular weight is 345 g/mol. The van der Waals surface area contributed by atoms with Gasteiger partial charge in [-0.05, 0) is 68.7 Å². The Morgan fingerprint density at radius 1 is 1.12 bits per heavy atom. The molecule has 1 saturated heterocycles. The Bertz CT molecular complexity index is 566. The number of carbonyl (C=O) groups is 1. The molecular formula is C21H31NO3. The molecule has 1 heterocycles. The summed E-state index contributed by atoms with van der Waals surface area (Å²) in [5, 5.41) is 0. The molecule has 2 atom stereocenters. The van der Waals surface area contributed by atoms with E-state index in [1.807, 2.05) is 6.07 Å². The second kappa shape index (κ2) is 8.70. The van der Waals surface area contributed by atoms with E-state index >= 15 is 0 Å². The van der Waals surface area contributed by atoms with Gasteiger partial charge in [0.1, 0.15) is 5.75 Å². The van der Waals surface area contributed by atoms with Crippen LogP contribution < -0.4 is 4.74 Å². The molecule has 25 heavy (non-hydrogen) atoms. The van der Waals surface area contributed by atoms with E-state index in [0.29, 0.717) is 24.3 Å². The number of nitrogens with zero attached hydrogens (tertiary/aromatic N) is 1. The van der Waals surface area contributed by atoms with Crippen molar-refractivity contribution in [1.29, 1.82) is 0 Å². The molecule has 0 amide bonds. The normalized spacial score (nSPS) is 25.5. The lowest BCUT2D eigenvalue weighted by atomic mass is 9.81. The van der Waals surface area contributed by atoms with Crippen molar-refractivity contribution in [1.82, 2.24) is 4.90 Å². The van der Waals surface area contributed by atoms with Crippen molar-refractivity contribution in [2.45, 2.75) is 56.9 Å². The number of benzene rings is 1. The molecule has 2 aliphatic rings. The van der Waals surface area contributed by atoms with Gasteiger partial charge in [0.05, 0.1) is 14.2 Å². The standard InChI is InChI=1S/C21H31NO3/c1-24-20-9-4-3-8-19(20)17-10-12-22(13-11-17)18-7-5-6-16(14-18)15-21(23)25-2/h3-4,8-9,16-18H,5-7,10-15H2,1-2H3. The Kier molecular flexibility index (Phi) is 6.35. The number of likely N-dealkylation sites (tertiary alicyclic amines) is 1. The van der Waals surface area contributed by atoms with Crippen LogP contribution in [0.25, 0.3) is 0 Å². The zero-order valence-corrected chi connectivity index (χ0v) is 15.6. The van der Waals surface area contributed by atoms with Crippen LogP contribution in [-0.2, 0) is 9.53 Å². The highest BCUT2D eigenvalue weighted by atomic mass is 16.5. The van der Waals surface area contributed by atoms with E-state index in [2.05, 4.69) is 23.1 Å². The number of hydrogen-bond donors (Lipinski definition) is 0. The predicted octanol–water partition coefficient (Wildman–Crippen LogP) is 4.00. The molecule has 0 radical (unpaired) electrons. The average Bonchev–Trinajstić information content (AvgIpc) is 2.68. The van der Waals surface area contributed by atoms with Crippen molar-refractivity contribution >= 4 is 5.97 Å². The van der Waals surface area contributed by atoms with E-state index in [4.69, 9.17) is 9.47 Å². The first-order chi connectivity index (χ1) is 12.2. The van der Waals surface area contributed by atoms with Gasteiger partial charge in [-0.25, -0.2) is 0 Å². The molecular weight excluding hydrogens is 314 g/mol. The highest BCUT2D eigenvalue weighted by molar-refractivity contribution is 5.69. The molecule has 0 N–H and O–H groups in total. The lowest BCUT2D eigenvalue weighted by Crippen LogP contribution is -2.43. The fourth-order valence-electron chi connectivity index (χ4n) is 4.68. The molecule has 0 spiro atoms. The first kappa shape index (κ1) is 18.2. The predicted molar refractivity (Wildman–Crippen MR) is 98.9 cm³/mol. The largest absolute Gasteiger partial charge is 0.496 e. The quantitative estimate of drug-likeness (QED) is 0.756. The van der Waals surface area contributed by atoms with Crippen LogP contribution in [0.2, 0.25) is 0 Å². The fourth-order valence-corrected chi connectivity index (χ4v) is 4.68. The fraction of sp³-hybridized carbons (Fsp3) is 0.667. The number of piperidine rings is 1. The van der Waals surface area contributed by atoms with Crippen LogP contribution in [-0.4, -0.2) is 44.2 Å². The van der Waals surface area contributed by atoms with Gasteiger partial charge in [0.15, 0.2) is 0 Å². The Labute approximate surface area is 151 Å². The van der Waals surface area contributed by atoms with Crippen LogP contribution in [0.3, 0.4) is 0 Å². The molecule has 2 unspecified atom stereocenters. The van der Waals surface area contributed by atoms with Gasteiger partial charge in [-0.1, -0.05) is 24.6 Å². The van der Waals surface area contributed by atoms with Crippen molar-refractivity contribution in [3.05, 3.63) is 29.8 Å². The zero-order chi connectivity index (χ0) is 17.6. The smallest absolute Gasteiger partial charge is 0.305 e. The summed E-state index contributed by atoms with van der Waals surface area (Å²) >= 11 is 0. The molecule has 138 valence electrons. The van der Waals surface area contributed by atoms with Crippen LogP contribution in [0.4, 0.5) is 0 Å². The van der Waals surface area contributed by atoms with Gasteiger partial charge < -0.3 is 14.4 Å². The van der Waals surface area contributed by atoms with Crippen LogP contribution in [0.5, 0.6) is 5.75 Å². The molecule has 4 heteroatoms. The maximum Gasteiger partial charge on any atom is 0.305 e. The van der Waals surface area contributed by atoms with E-state index in [9.17, 15) is 4.79 Å². The van der Waals surface area contributed by atoms with E-state index < -0.39 is 0 Å². The number of ether oxygens (including phenoxy) is 2. The molecule has 0 bridgehead atoms. The van der Waals surface area contributed by atoms with Gasteiger partial charge in [0, 0.05) is 12.5 Å². The summed E-state index contributed by atoms with van der Waals surface area (Å²) in [5.41, 5.74) is 1.36. The minimum absolute atomic E-state index is 0.0551. The van der Waals surface area contributed by atoms with Gasteiger partial charge in [-0.15, -0.1) is 0 Å². The summed E-state index contributed by atoms with van der Waals surface area (Å²) < 4.78 is 10.4. The zero-order valence-electron chi connectivity index (χ0n) is 15.6. The number of esters is 1. The maximum absolute atomic E-state index is 11.6. The molecule has 4 nitrogen and oxygen atoms in total. The lowest BCUT2D eigenvalue weighted by Gasteiger charge is -2.41. The van der Waals surface area contributed by atoms with E-state index in [1.165, 1.54) is 44.8 Å². The molecule has 1 aromatic carbocycles. The van der Waals surface area contributed by atoms with Crippen molar-refractivity contribution in [2.75, 3.05) is 27.3 Å². The minimum Gasteiger partial charge on any atom is -0.496 e. The summed E-state index contributed by atoms with van der Waals surface area (Å²) in [4.78, 5) is 14.2. The Balaban J connectivity index is 1.54. The minimum atomic E-state index is -0.0551. The van der Waals surface area contributed by atoms with Crippen LogP contribution in [0.1, 0.15) is 56.4 Å². The highest BCUT2D eigenvalue weighted by Crippen LogP contribution is 2.37. The third-order valence-corrected chi connectivity index (χ3v) is 6.06. The van der Waals surface area contributed by atoms with E-state index in [0.717, 1.165) is 25.3 Å². The molecule has 1 aromatic rings. The Morgan fingerprint density at radius 3 is 2.60 bits per heavy atom. The number of rotatable bonds is 5. The van der Waals surface area contributed by atoms with Crippen LogP contribution in [0, 0.1) is 5.92 Å². The second-order valence-electron chi connectivity index (χ2n) is 7.52. The number of methoxy groups -OCH3 is 2. The topological polar surface area (TPSA) is 38.8 Å². The molecule has 1 saturated carbocycles. The lowest BCUT2D eigenvalue weighted by molar-refractivity contribution is -0.142. The summed E-state index contributed by atoms with van der Waals surface area (Å²) in [7, 11) is 3.25. The van der Waals surface area contributed by atoms with Crippen molar-refractivity contribution in [3.63, 3.8) is 0 Å². The van der Waals surface area contributed by atoms with Gasteiger partial charge in [-0.3, -0.25) is 4.79 Å². The summed E-state index contributed by atoms with van der Waals surface area (Å²) in [5.74, 6) is 2.07. The van der Waals surface area contributed by atoms with Gasteiger partial charge in [0.25, 0.3) is 0 Å². The third kappa shape index (κ3) is 4.55. The van der Waals surface area contributed by atoms with Crippen molar-refractivity contribution in [2.24, 2.45) is 5.92 Å². The number of hydrogen-bond acceptors (Lipinski definition) is 4. The monoisotopic (exact) mass is 345 g/mol. The second-order valence-corrected chi connectivity index (χ2v) is 7.52. The van der Waals surface area contributed by atoms with Gasteiger partial charge in [0.2, 0.25) is 0 Å². The Hall–Kier alpha value is -1.55. The Morgan fingerprint density at radius 2 is 1.88 bits per heavy atom. The van der Waals surface area contributed by atoms with E-state index in [1.54, 1.807) is 7.11 Å². The summed E-state index contributed by atoms with van der Waals surface area (Å²) in [6, 6.07) is 9.08. The number of para-hydroxylation sites is 1. The molecule has 3 rings (SSSR count). The molecule has 2 fully saturated rings. The van der Waals surface area contributed by atoms with Gasteiger partial charge >= 0.3 is 5.97 Å². The van der Waals surface area contributed by atoms with Gasteiger partial charge in [-0.2, -0.15) is 0 Å². The van der Waals surface area contributed by atoms with Crippen molar-refractivity contribution < 1.29 is 14.3 Å². The molecule has 0 aromatic heterocycles. The molecule has 1 aliphatic heterocycles. The van der Waals surface area contributed by atoms with Crippen LogP contribution >= 0.6 is 0 Å².